The third-order valence-electron chi connectivity index (χ3n) is 3.61. The van der Waals surface area contributed by atoms with E-state index in [1.54, 1.807) is 19.5 Å². The van der Waals surface area contributed by atoms with Crippen molar-refractivity contribution in [3.63, 3.8) is 0 Å². The molecule has 0 radical (unpaired) electrons. The molecule has 2 aromatic heterocycles. The minimum Gasteiger partial charge on any atom is -0.479 e. The SMILES string of the molecule is COc1nc(C=C(CCCCl)C(=O)OC(C)(C)C)ccc1-n1cnc(C)c1. The summed E-state index contributed by atoms with van der Waals surface area (Å²) in [5.41, 5.74) is 2.25. The average molecular weight is 392 g/mol. The Morgan fingerprint density at radius 1 is 1.33 bits per heavy atom. The summed E-state index contributed by atoms with van der Waals surface area (Å²) < 4.78 is 12.8. The highest BCUT2D eigenvalue weighted by atomic mass is 35.5. The zero-order valence-corrected chi connectivity index (χ0v) is 17.2. The zero-order chi connectivity index (χ0) is 20.0. The number of hydrogen-bond donors (Lipinski definition) is 0. The number of esters is 1. The standard InChI is InChI=1S/C20H26ClN3O3/c1-14-12-24(13-22-14)17-9-8-16(23-18(17)26-5)11-15(7-6-10-21)19(25)27-20(2,3)4/h8-9,11-13H,6-7,10H2,1-5H3. The van der Waals surface area contributed by atoms with E-state index in [1.807, 2.05) is 50.6 Å². The summed E-state index contributed by atoms with van der Waals surface area (Å²) in [5, 5.41) is 0. The Morgan fingerprint density at radius 3 is 2.63 bits per heavy atom. The summed E-state index contributed by atoms with van der Waals surface area (Å²) in [6.45, 7) is 7.44. The lowest BCUT2D eigenvalue weighted by Crippen LogP contribution is -2.25. The molecule has 0 bridgehead atoms. The fraction of sp³-hybridized carbons (Fsp3) is 0.450. The number of rotatable bonds is 7. The van der Waals surface area contributed by atoms with Crippen LogP contribution in [-0.4, -0.2) is 39.1 Å². The van der Waals surface area contributed by atoms with Gasteiger partial charge in [0.2, 0.25) is 5.88 Å². The molecule has 0 fully saturated rings. The molecule has 0 amide bonds. The topological polar surface area (TPSA) is 66.2 Å². The summed E-state index contributed by atoms with van der Waals surface area (Å²) in [6.07, 6.45) is 6.52. The quantitative estimate of drug-likeness (QED) is 0.399. The Bertz CT molecular complexity index is 822. The highest BCUT2D eigenvalue weighted by Gasteiger charge is 2.20. The molecular weight excluding hydrogens is 366 g/mol. The van der Waals surface area contributed by atoms with Crippen LogP contribution in [0.5, 0.6) is 5.88 Å². The van der Waals surface area contributed by atoms with Gasteiger partial charge in [0.25, 0.3) is 0 Å². The molecule has 0 unspecified atom stereocenters. The van der Waals surface area contributed by atoms with Crippen molar-refractivity contribution in [3.8, 4) is 11.6 Å². The van der Waals surface area contributed by atoms with Gasteiger partial charge in [-0.3, -0.25) is 0 Å². The average Bonchev–Trinajstić information content (AvgIpc) is 3.03. The Kier molecular flexibility index (Phi) is 7.02. The summed E-state index contributed by atoms with van der Waals surface area (Å²) in [7, 11) is 1.56. The Balaban J connectivity index is 2.36. The van der Waals surface area contributed by atoms with Crippen molar-refractivity contribution in [2.75, 3.05) is 13.0 Å². The summed E-state index contributed by atoms with van der Waals surface area (Å²) >= 11 is 5.80. The lowest BCUT2D eigenvalue weighted by atomic mass is 10.1. The van der Waals surface area contributed by atoms with E-state index in [9.17, 15) is 4.79 Å². The first kappa shape index (κ1) is 21.0. The summed E-state index contributed by atoms with van der Waals surface area (Å²) in [4.78, 5) is 21.2. The third-order valence-corrected chi connectivity index (χ3v) is 3.88. The van der Waals surface area contributed by atoms with Gasteiger partial charge in [0, 0.05) is 17.6 Å². The highest BCUT2D eigenvalue weighted by molar-refractivity contribution is 6.17. The van der Waals surface area contributed by atoms with Crippen LogP contribution in [0.15, 0.2) is 30.2 Å². The number of halogens is 1. The van der Waals surface area contributed by atoms with Crippen molar-refractivity contribution in [2.24, 2.45) is 0 Å². The van der Waals surface area contributed by atoms with Gasteiger partial charge in [-0.2, -0.15) is 0 Å². The number of methoxy groups -OCH3 is 1. The summed E-state index contributed by atoms with van der Waals surface area (Å²) in [5.74, 6) is 0.556. The van der Waals surface area contributed by atoms with E-state index in [4.69, 9.17) is 21.1 Å². The van der Waals surface area contributed by atoms with E-state index < -0.39 is 5.60 Å². The monoisotopic (exact) mass is 391 g/mol. The van der Waals surface area contributed by atoms with Gasteiger partial charge >= 0.3 is 5.97 Å². The Labute approximate surface area is 165 Å². The van der Waals surface area contributed by atoms with Gasteiger partial charge in [0.05, 0.1) is 24.8 Å². The minimum absolute atomic E-state index is 0.359. The van der Waals surface area contributed by atoms with Crippen molar-refractivity contribution in [1.82, 2.24) is 14.5 Å². The zero-order valence-electron chi connectivity index (χ0n) is 16.5. The van der Waals surface area contributed by atoms with E-state index >= 15 is 0 Å². The first-order valence-corrected chi connectivity index (χ1v) is 9.33. The number of aromatic nitrogens is 3. The van der Waals surface area contributed by atoms with Crippen LogP contribution in [0.3, 0.4) is 0 Å². The molecule has 2 rings (SSSR count). The largest absolute Gasteiger partial charge is 0.479 e. The molecule has 146 valence electrons. The van der Waals surface area contributed by atoms with Gasteiger partial charge in [0.1, 0.15) is 11.3 Å². The number of alkyl halides is 1. The van der Waals surface area contributed by atoms with Crippen LogP contribution < -0.4 is 4.74 Å². The fourth-order valence-corrected chi connectivity index (χ4v) is 2.57. The molecule has 0 aromatic carbocycles. The molecule has 7 heteroatoms. The molecule has 0 N–H and O–H groups in total. The van der Waals surface area contributed by atoms with Crippen LogP contribution in [0.2, 0.25) is 0 Å². The van der Waals surface area contributed by atoms with Gasteiger partial charge in [0.15, 0.2) is 0 Å². The van der Waals surface area contributed by atoms with Crippen LogP contribution in [0.4, 0.5) is 0 Å². The van der Waals surface area contributed by atoms with Gasteiger partial charge in [-0.05, 0) is 58.7 Å². The van der Waals surface area contributed by atoms with Crippen molar-refractivity contribution >= 4 is 23.6 Å². The maximum Gasteiger partial charge on any atom is 0.334 e. The second kappa shape index (κ2) is 9.04. The number of carbonyl (C=O) groups excluding carboxylic acids is 1. The molecule has 0 saturated carbocycles. The van der Waals surface area contributed by atoms with Crippen LogP contribution >= 0.6 is 11.6 Å². The number of ether oxygens (including phenoxy) is 2. The maximum absolute atomic E-state index is 12.5. The van der Waals surface area contributed by atoms with Crippen LogP contribution in [0.1, 0.15) is 45.0 Å². The Hall–Kier alpha value is -2.34. The normalized spacial score (nSPS) is 12.1. The second-order valence-corrected chi connectivity index (χ2v) is 7.53. The molecule has 0 atom stereocenters. The van der Waals surface area contributed by atoms with Crippen molar-refractivity contribution in [3.05, 3.63) is 41.6 Å². The molecule has 6 nitrogen and oxygen atoms in total. The number of hydrogen-bond acceptors (Lipinski definition) is 5. The van der Waals surface area contributed by atoms with E-state index in [-0.39, 0.29) is 5.97 Å². The minimum atomic E-state index is -0.564. The lowest BCUT2D eigenvalue weighted by Gasteiger charge is -2.20. The molecule has 0 saturated heterocycles. The van der Waals surface area contributed by atoms with E-state index in [1.165, 1.54) is 0 Å². The maximum atomic E-state index is 12.5. The van der Waals surface area contributed by atoms with E-state index in [0.717, 1.165) is 11.4 Å². The van der Waals surface area contributed by atoms with Crippen molar-refractivity contribution < 1.29 is 14.3 Å². The number of imidazole rings is 1. The van der Waals surface area contributed by atoms with Crippen molar-refractivity contribution in [1.29, 1.82) is 0 Å². The first-order valence-electron chi connectivity index (χ1n) is 8.79. The molecule has 2 aromatic rings. The molecule has 0 aliphatic rings. The molecule has 0 aliphatic carbocycles. The first-order chi connectivity index (χ1) is 12.7. The second-order valence-electron chi connectivity index (χ2n) is 7.15. The third kappa shape index (κ3) is 6.10. The highest BCUT2D eigenvalue weighted by Crippen LogP contribution is 2.23. The molecule has 27 heavy (non-hydrogen) atoms. The number of aryl methyl sites for hydroxylation is 1. The number of nitrogens with zero attached hydrogens (tertiary/aromatic N) is 3. The predicted octanol–water partition coefficient (Wildman–Crippen LogP) is 4.33. The fourth-order valence-electron chi connectivity index (χ4n) is 2.44. The van der Waals surface area contributed by atoms with Crippen LogP contribution in [-0.2, 0) is 9.53 Å². The van der Waals surface area contributed by atoms with E-state index in [2.05, 4.69) is 9.97 Å². The molecule has 2 heterocycles. The number of pyridine rings is 1. The Morgan fingerprint density at radius 2 is 2.07 bits per heavy atom. The van der Waals surface area contributed by atoms with Gasteiger partial charge in [-0.25, -0.2) is 14.8 Å². The number of carbonyl (C=O) groups is 1. The van der Waals surface area contributed by atoms with E-state index in [0.29, 0.717) is 35.9 Å². The lowest BCUT2D eigenvalue weighted by molar-refractivity contribution is -0.149. The van der Waals surface area contributed by atoms with Gasteiger partial charge < -0.3 is 14.0 Å². The van der Waals surface area contributed by atoms with Crippen LogP contribution in [0, 0.1) is 6.92 Å². The van der Waals surface area contributed by atoms with Gasteiger partial charge in [-0.15, -0.1) is 11.6 Å². The predicted molar refractivity (Wildman–Crippen MR) is 106 cm³/mol. The molecule has 0 spiro atoms. The molecular formula is C20H26ClN3O3. The van der Waals surface area contributed by atoms with Crippen LogP contribution in [0.25, 0.3) is 11.8 Å². The molecule has 0 aliphatic heterocycles. The van der Waals surface area contributed by atoms with Crippen molar-refractivity contribution in [2.45, 2.75) is 46.1 Å². The smallest absolute Gasteiger partial charge is 0.334 e. The van der Waals surface area contributed by atoms with Gasteiger partial charge in [-0.1, -0.05) is 0 Å². The summed E-state index contributed by atoms with van der Waals surface area (Å²) in [6, 6.07) is 3.71.